The highest BCUT2D eigenvalue weighted by Gasteiger charge is 2.25. The van der Waals surface area contributed by atoms with Crippen LogP contribution >= 0.6 is 0 Å². The maximum atomic E-state index is 5.62. The molecule has 0 saturated carbocycles. The Kier molecular flexibility index (Phi) is 6.95. The number of nitrogens with one attached hydrogen (secondary N) is 1. The van der Waals surface area contributed by atoms with Gasteiger partial charge in [-0.3, -0.25) is 0 Å². The average molecular weight is 416 g/mol. The summed E-state index contributed by atoms with van der Waals surface area (Å²) in [5, 5.41) is 3.64. The van der Waals surface area contributed by atoms with Gasteiger partial charge in [-0.1, -0.05) is 54.1 Å². The van der Waals surface area contributed by atoms with Gasteiger partial charge in [0.1, 0.15) is 11.6 Å². The second kappa shape index (κ2) is 10.0. The fourth-order valence-electron chi connectivity index (χ4n) is 4.28. The molecule has 0 bridgehead atoms. The minimum Gasteiger partial charge on any atom is -0.369 e. The van der Waals surface area contributed by atoms with Crippen molar-refractivity contribution in [3.8, 4) is 11.1 Å². The summed E-state index contributed by atoms with van der Waals surface area (Å²) in [6, 6.07) is 17.2. The first kappa shape index (κ1) is 21.5. The van der Waals surface area contributed by atoms with Crippen molar-refractivity contribution in [2.75, 3.05) is 38.5 Å². The van der Waals surface area contributed by atoms with E-state index in [1.807, 2.05) is 6.07 Å². The van der Waals surface area contributed by atoms with Crippen molar-refractivity contribution in [1.82, 2.24) is 14.9 Å². The Bertz CT molecular complexity index is 1020. The van der Waals surface area contributed by atoms with Gasteiger partial charge < -0.3 is 16.0 Å². The molecule has 1 aromatic heterocycles. The monoisotopic (exact) mass is 415 g/mol. The van der Waals surface area contributed by atoms with Crippen LogP contribution in [0.3, 0.4) is 0 Å². The molecule has 0 amide bonds. The molecule has 3 aromatic rings. The average Bonchev–Trinajstić information content (AvgIpc) is 3.13. The number of hydrogen-bond donors (Lipinski definition) is 2. The molecular formula is C26H33N5. The smallest absolute Gasteiger partial charge is 0.137 e. The zero-order valence-corrected chi connectivity index (χ0v) is 18.7. The third-order valence-electron chi connectivity index (χ3n) is 5.88. The molecule has 0 radical (unpaired) electrons. The number of hydrogen-bond acceptors (Lipinski definition) is 5. The molecule has 0 spiro atoms. The summed E-state index contributed by atoms with van der Waals surface area (Å²) in [7, 11) is 2.16. The summed E-state index contributed by atoms with van der Waals surface area (Å²) in [5.74, 6) is 1.86. The summed E-state index contributed by atoms with van der Waals surface area (Å²) in [4.78, 5) is 12.3. The zero-order valence-electron chi connectivity index (χ0n) is 18.7. The third kappa shape index (κ3) is 5.30. The standard InChI is InChI=1S/C26H33N5/c1-19-10-11-22-21(16-19)18-23-25(22)26(28-13-7-15-31(2)14-6-12-27)30-24(29-23)17-20-8-4-3-5-9-20/h3-5,8-11,16H,6-7,12-15,17-18,27H2,1-2H3,(H,28,29,30). The summed E-state index contributed by atoms with van der Waals surface area (Å²) in [5.41, 5.74) is 13.1. The molecule has 1 aliphatic carbocycles. The number of nitrogens with zero attached hydrogens (tertiary/aromatic N) is 3. The highest BCUT2D eigenvalue weighted by Crippen LogP contribution is 2.40. The molecule has 31 heavy (non-hydrogen) atoms. The fourth-order valence-corrected chi connectivity index (χ4v) is 4.28. The summed E-state index contributed by atoms with van der Waals surface area (Å²) in [6.07, 6.45) is 3.74. The van der Waals surface area contributed by atoms with E-state index in [2.05, 4.69) is 66.7 Å². The normalized spacial score (nSPS) is 12.1. The van der Waals surface area contributed by atoms with Gasteiger partial charge in [0.05, 0.1) is 5.69 Å². The first-order chi connectivity index (χ1) is 15.1. The zero-order chi connectivity index (χ0) is 21.6. The van der Waals surface area contributed by atoms with Gasteiger partial charge in [-0.15, -0.1) is 0 Å². The molecule has 162 valence electrons. The Labute approximate surface area is 185 Å². The van der Waals surface area contributed by atoms with Crippen LogP contribution in [0.25, 0.3) is 11.1 Å². The molecule has 0 atom stereocenters. The second-order valence-corrected chi connectivity index (χ2v) is 8.54. The first-order valence-corrected chi connectivity index (χ1v) is 11.3. The largest absolute Gasteiger partial charge is 0.369 e. The van der Waals surface area contributed by atoms with Gasteiger partial charge in [-0.05, 0) is 63.1 Å². The predicted octanol–water partition coefficient (Wildman–Crippen LogP) is 4.03. The van der Waals surface area contributed by atoms with Gasteiger partial charge in [0.2, 0.25) is 0 Å². The van der Waals surface area contributed by atoms with Crippen molar-refractivity contribution >= 4 is 5.82 Å². The highest BCUT2D eigenvalue weighted by atomic mass is 15.1. The van der Waals surface area contributed by atoms with Crippen LogP contribution in [-0.4, -0.2) is 48.1 Å². The Morgan fingerprint density at radius 2 is 1.84 bits per heavy atom. The molecule has 3 N–H and O–H groups in total. The number of rotatable bonds is 10. The van der Waals surface area contributed by atoms with Crippen molar-refractivity contribution in [2.45, 2.75) is 32.6 Å². The van der Waals surface area contributed by atoms with Gasteiger partial charge in [-0.2, -0.15) is 0 Å². The van der Waals surface area contributed by atoms with Crippen molar-refractivity contribution < 1.29 is 0 Å². The van der Waals surface area contributed by atoms with E-state index in [4.69, 9.17) is 15.7 Å². The van der Waals surface area contributed by atoms with Crippen LogP contribution in [0.15, 0.2) is 48.5 Å². The predicted molar refractivity (Wildman–Crippen MR) is 129 cm³/mol. The number of benzene rings is 2. The lowest BCUT2D eigenvalue weighted by Gasteiger charge is -2.17. The maximum Gasteiger partial charge on any atom is 0.137 e. The molecule has 5 nitrogen and oxygen atoms in total. The van der Waals surface area contributed by atoms with Crippen molar-refractivity contribution in [3.05, 3.63) is 76.7 Å². The van der Waals surface area contributed by atoms with Crippen LogP contribution in [0.1, 0.15) is 41.1 Å². The van der Waals surface area contributed by atoms with Gasteiger partial charge >= 0.3 is 0 Å². The van der Waals surface area contributed by atoms with Crippen LogP contribution in [0.2, 0.25) is 0 Å². The highest BCUT2D eigenvalue weighted by molar-refractivity contribution is 5.84. The van der Waals surface area contributed by atoms with Crippen LogP contribution in [-0.2, 0) is 12.8 Å². The second-order valence-electron chi connectivity index (χ2n) is 8.54. The Balaban J connectivity index is 1.54. The van der Waals surface area contributed by atoms with Gasteiger partial charge in [0, 0.05) is 24.9 Å². The van der Waals surface area contributed by atoms with Crippen LogP contribution in [0.4, 0.5) is 5.82 Å². The molecule has 4 rings (SSSR count). The summed E-state index contributed by atoms with van der Waals surface area (Å²) >= 11 is 0. The number of fused-ring (bicyclic) bond motifs is 3. The Morgan fingerprint density at radius 3 is 2.65 bits per heavy atom. The lowest BCUT2D eigenvalue weighted by Crippen LogP contribution is -2.24. The topological polar surface area (TPSA) is 67.1 Å². The van der Waals surface area contributed by atoms with Gasteiger partial charge in [0.25, 0.3) is 0 Å². The maximum absolute atomic E-state index is 5.62. The van der Waals surface area contributed by atoms with E-state index < -0.39 is 0 Å². The molecule has 1 aliphatic rings. The van der Waals surface area contributed by atoms with Gasteiger partial charge in [-0.25, -0.2) is 9.97 Å². The molecule has 2 aromatic carbocycles. The summed E-state index contributed by atoms with van der Waals surface area (Å²) in [6.45, 7) is 5.89. The SMILES string of the molecule is Cc1ccc2c(c1)Cc1nc(Cc3ccccc3)nc(NCCCN(C)CCCN)c1-2. The van der Waals surface area contributed by atoms with Crippen molar-refractivity contribution in [1.29, 1.82) is 0 Å². The molecule has 0 fully saturated rings. The van der Waals surface area contributed by atoms with E-state index in [0.717, 1.165) is 69.2 Å². The molecule has 0 unspecified atom stereocenters. The van der Waals surface area contributed by atoms with Crippen LogP contribution < -0.4 is 11.1 Å². The van der Waals surface area contributed by atoms with E-state index in [-0.39, 0.29) is 0 Å². The Morgan fingerprint density at radius 1 is 1.03 bits per heavy atom. The van der Waals surface area contributed by atoms with E-state index >= 15 is 0 Å². The third-order valence-corrected chi connectivity index (χ3v) is 5.88. The van der Waals surface area contributed by atoms with E-state index in [9.17, 15) is 0 Å². The van der Waals surface area contributed by atoms with E-state index in [1.54, 1.807) is 0 Å². The molecule has 5 heteroatoms. The van der Waals surface area contributed by atoms with Crippen molar-refractivity contribution in [3.63, 3.8) is 0 Å². The number of anilines is 1. The fraction of sp³-hybridized carbons (Fsp3) is 0.385. The molecule has 1 heterocycles. The minimum atomic E-state index is 0.749. The number of aromatic nitrogens is 2. The van der Waals surface area contributed by atoms with E-state index in [0.29, 0.717) is 0 Å². The Hall–Kier alpha value is -2.76. The minimum absolute atomic E-state index is 0.749. The number of nitrogens with two attached hydrogens (primary N) is 1. The quantitative estimate of drug-likeness (QED) is 0.383. The molecule has 0 saturated heterocycles. The molecule has 0 aliphatic heterocycles. The number of aryl methyl sites for hydroxylation is 1. The van der Waals surface area contributed by atoms with E-state index in [1.165, 1.54) is 27.8 Å². The lowest BCUT2D eigenvalue weighted by molar-refractivity contribution is 0.330. The lowest BCUT2D eigenvalue weighted by atomic mass is 10.0. The van der Waals surface area contributed by atoms with Gasteiger partial charge in [0.15, 0.2) is 0 Å². The molecular weight excluding hydrogens is 382 g/mol. The van der Waals surface area contributed by atoms with Crippen LogP contribution in [0, 0.1) is 6.92 Å². The van der Waals surface area contributed by atoms with Crippen molar-refractivity contribution in [2.24, 2.45) is 5.73 Å². The van der Waals surface area contributed by atoms with Crippen LogP contribution in [0.5, 0.6) is 0 Å². The summed E-state index contributed by atoms with van der Waals surface area (Å²) < 4.78 is 0. The first-order valence-electron chi connectivity index (χ1n) is 11.3.